The van der Waals surface area contributed by atoms with Crippen LogP contribution in [0.5, 0.6) is 11.5 Å². The van der Waals surface area contributed by atoms with Crippen LogP contribution in [0.2, 0.25) is 0 Å². The fourth-order valence-electron chi connectivity index (χ4n) is 5.44. The average Bonchev–Trinajstić information content (AvgIpc) is 3.50. The Kier molecular flexibility index (Phi) is 8.74. The van der Waals surface area contributed by atoms with E-state index in [1.807, 2.05) is 0 Å². The number of fused-ring (bicyclic) bond motifs is 2. The van der Waals surface area contributed by atoms with Gasteiger partial charge in [0, 0.05) is 21.0 Å². The molecule has 1 aromatic heterocycles. The van der Waals surface area contributed by atoms with Gasteiger partial charge in [0.2, 0.25) is 11.8 Å². The van der Waals surface area contributed by atoms with Crippen molar-refractivity contribution in [3.8, 4) is 11.5 Å². The Hall–Kier alpha value is -4.08. The molecular weight excluding hydrogens is 711 g/mol. The molecule has 1 fully saturated rings. The number of carbonyl (C=O) groups is 3. The Morgan fingerprint density at radius 3 is 2.48 bits per heavy atom. The zero-order valence-corrected chi connectivity index (χ0v) is 26.9. The Balaban J connectivity index is 1.28. The fraction of sp³-hybridized carbons (Fsp3) is 0.226. The first-order valence-corrected chi connectivity index (χ1v) is 16.3. The summed E-state index contributed by atoms with van der Waals surface area (Å²) in [7, 11) is 0. The molecule has 3 aromatic carbocycles. The first kappa shape index (κ1) is 31.9. The van der Waals surface area contributed by atoms with E-state index in [4.69, 9.17) is 9.47 Å². The number of ether oxygens (including phenoxy) is 2. The molecule has 3 amide bonds. The summed E-state index contributed by atoms with van der Waals surface area (Å²) < 4.78 is 51.5. The van der Waals surface area contributed by atoms with Crippen LogP contribution in [0.15, 0.2) is 81.0 Å². The van der Waals surface area contributed by atoms with Crippen LogP contribution in [0.4, 0.5) is 24.5 Å². The van der Waals surface area contributed by atoms with E-state index in [-0.39, 0.29) is 34.6 Å². The van der Waals surface area contributed by atoms with E-state index in [9.17, 15) is 32.3 Å². The summed E-state index contributed by atoms with van der Waals surface area (Å²) in [5.41, 5.74) is 0.0883. The number of hydrogen-bond donors (Lipinski definition) is 2. The van der Waals surface area contributed by atoms with Crippen molar-refractivity contribution in [3.05, 3.63) is 96.9 Å². The second-order valence-corrected chi connectivity index (χ2v) is 13.4. The molecule has 9 nitrogen and oxygen atoms in total. The fourth-order valence-corrected chi connectivity index (χ4v) is 8.22. The van der Waals surface area contributed by atoms with Gasteiger partial charge in [-0.2, -0.15) is 13.2 Å². The van der Waals surface area contributed by atoms with Crippen LogP contribution in [-0.4, -0.2) is 41.2 Å². The molecule has 2 aliphatic rings. The van der Waals surface area contributed by atoms with E-state index in [1.54, 1.807) is 49.4 Å². The molecule has 2 N–H and O–H groups in total. The van der Waals surface area contributed by atoms with Crippen LogP contribution in [0.1, 0.15) is 28.8 Å². The van der Waals surface area contributed by atoms with E-state index in [2.05, 4.69) is 26.2 Å². The Bertz CT molecular complexity index is 1900. The Morgan fingerprint density at radius 2 is 1.76 bits per heavy atom. The molecule has 0 spiro atoms. The van der Waals surface area contributed by atoms with Gasteiger partial charge in [0.05, 0.1) is 28.8 Å². The summed E-state index contributed by atoms with van der Waals surface area (Å²) in [5, 5.41) is 2.12. The maximum Gasteiger partial charge on any atom is 0.416 e. The second-order valence-electron chi connectivity index (χ2n) is 10.3. The number of carbonyl (C=O) groups excluding carboxylic acids is 3. The van der Waals surface area contributed by atoms with Gasteiger partial charge in [-0.25, -0.2) is 4.90 Å². The number of amides is 3. The normalized spacial score (nSPS) is 19.1. The summed E-state index contributed by atoms with van der Waals surface area (Å²) >= 11 is 5.50. The van der Waals surface area contributed by atoms with Gasteiger partial charge in [0.15, 0.2) is 18.1 Å². The van der Waals surface area contributed by atoms with Crippen molar-refractivity contribution in [3.63, 3.8) is 0 Å². The number of thiazole rings is 1. The molecule has 0 aliphatic carbocycles. The van der Waals surface area contributed by atoms with Crippen molar-refractivity contribution < 1.29 is 37.0 Å². The lowest BCUT2D eigenvalue weighted by Gasteiger charge is -2.30. The molecule has 2 aliphatic heterocycles. The summed E-state index contributed by atoms with van der Waals surface area (Å²) in [4.78, 5) is 56.9. The van der Waals surface area contributed by atoms with E-state index in [0.717, 1.165) is 39.7 Å². The molecule has 3 atom stereocenters. The van der Waals surface area contributed by atoms with Crippen LogP contribution in [-0.2, 0) is 20.6 Å². The summed E-state index contributed by atoms with van der Waals surface area (Å²) in [6.45, 7) is 1.44. The summed E-state index contributed by atoms with van der Waals surface area (Å²) in [6, 6.07) is 16.0. The zero-order valence-electron chi connectivity index (χ0n) is 23.7. The molecule has 0 bridgehead atoms. The molecule has 4 aromatic rings. The quantitative estimate of drug-likeness (QED) is 0.201. The number of nitrogens with zero attached hydrogens (tertiary/aromatic N) is 1. The number of benzene rings is 3. The SMILES string of the molecule is CCOc1cc(C2c3sc(=O)[nH]c3SC3C(=O)N(c4ccc(Br)cc4)C(=O)C32)ccc1OCC(=O)Nc1cccc(C(F)(F)F)c1. The molecule has 46 heavy (non-hydrogen) atoms. The predicted molar refractivity (Wildman–Crippen MR) is 170 cm³/mol. The highest BCUT2D eigenvalue weighted by atomic mass is 79.9. The number of hydrogen-bond acceptors (Lipinski definition) is 8. The zero-order chi connectivity index (χ0) is 32.7. The highest BCUT2D eigenvalue weighted by Gasteiger charge is 2.56. The lowest BCUT2D eigenvalue weighted by Crippen LogP contribution is -2.32. The second kappa shape index (κ2) is 12.6. The summed E-state index contributed by atoms with van der Waals surface area (Å²) in [5.74, 6) is -2.54. The first-order chi connectivity index (χ1) is 21.9. The van der Waals surface area contributed by atoms with Crippen molar-refractivity contribution in [2.45, 2.75) is 29.3 Å². The van der Waals surface area contributed by atoms with Gasteiger partial charge in [-0.3, -0.25) is 19.2 Å². The molecule has 0 saturated carbocycles. The number of nitrogens with one attached hydrogen (secondary N) is 2. The smallest absolute Gasteiger partial charge is 0.416 e. The van der Waals surface area contributed by atoms with Gasteiger partial charge in [-0.05, 0) is 67.1 Å². The number of halogens is 4. The van der Waals surface area contributed by atoms with Crippen LogP contribution in [0.3, 0.4) is 0 Å². The number of aromatic nitrogens is 1. The van der Waals surface area contributed by atoms with Gasteiger partial charge in [0.25, 0.3) is 5.91 Å². The standard InChI is InChI=1S/C31H23BrF3N3O6S2/c1-2-43-21-12-15(6-11-20(21)44-14-22(39)36-18-5-3-4-16(13-18)31(33,34)35)23-24-26(45-27-25(23)46-30(42)37-27)29(41)38(28(24)40)19-9-7-17(32)8-10-19/h3-13,23-24,26H,2,14H2,1H3,(H,36,39)(H,37,42). The average molecular weight is 735 g/mol. The van der Waals surface area contributed by atoms with Crippen molar-refractivity contribution in [1.29, 1.82) is 0 Å². The van der Waals surface area contributed by atoms with Crippen LogP contribution in [0.25, 0.3) is 0 Å². The van der Waals surface area contributed by atoms with Crippen molar-refractivity contribution in [2.75, 3.05) is 23.4 Å². The van der Waals surface area contributed by atoms with Gasteiger partial charge in [0.1, 0.15) is 5.25 Å². The molecule has 1 saturated heterocycles. The molecule has 238 valence electrons. The monoisotopic (exact) mass is 733 g/mol. The van der Waals surface area contributed by atoms with Crippen LogP contribution >= 0.6 is 39.0 Å². The molecule has 6 rings (SSSR count). The van der Waals surface area contributed by atoms with Gasteiger partial charge in [-0.1, -0.05) is 51.2 Å². The maximum atomic E-state index is 14.0. The lowest BCUT2D eigenvalue weighted by molar-refractivity contribution is -0.137. The summed E-state index contributed by atoms with van der Waals surface area (Å²) in [6.07, 6.45) is -4.56. The van der Waals surface area contributed by atoms with Crippen molar-refractivity contribution in [2.24, 2.45) is 5.92 Å². The lowest BCUT2D eigenvalue weighted by atomic mass is 9.83. The van der Waals surface area contributed by atoms with E-state index >= 15 is 0 Å². The van der Waals surface area contributed by atoms with Crippen molar-refractivity contribution in [1.82, 2.24) is 4.98 Å². The largest absolute Gasteiger partial charge is 0.490 e. The Morgan fingerprint density at radius 1 is 1.00 bits per heavy atom. The Labute approximate surface area is 276 Å². The van der Waals surface area contributed by atoms with Gasteiger partial charge < -0.3 is 19.8 Å². The highest BCUT2D eigenvalue weighted by Crippen LogP contribution is 2.54. The van der Waals surface area contributed by atoms with Gasteiger partial charge >= 0.3 is 11.0 Å². The third kappa shape index (κ3) is 6.18. The number of rotatable bonds is 8. The highest BCUT2D eigenvalue weighted by molar-refractivity contribution is 9.10. The van der Waals surface area contributed by atoms with Crippen molar-refractivity contribution >= 4 is 68.1 Å². The van der Waals surface area contributed by atoms with E-state index in [0.29, 0.717) is 21.2 Å². The third-order valence-electron chi connectivity index (χ3n) is 7.37. The number of alkyl halides is 3. The topological polar surface area (TPSA) is 118 Å². The molecule has 0 radical (unpaired) electrons. The molecule has 3 heterocycles. The number of H-pyrrole nitrogens is 1. The third-order valence-corrected chi connectivity index (χ3v) is 10.3. The van der Waals surface area contributed by atoms with Gasteiger partial charge in [-0.15, -0.1) is 0 Å². The van der Waals surface area contributed by atoms with Crippen LogP contribution < -0.4 is 24.6 Å². The number of imide groups is 1. The minimum Gasteiger partial charge on any atom is -0.490 e. The number of aromatic amines is 1. The minimum atomic E-state index is -4.56. The maximum absolute atomic E-state index is 14.0. The predicted octanol–water partition coefficient (Wildman–Crippen LogP) is 6.43. The molecule has 3 unspecified atom stereocenters. The number of anilines is 2. The first-order valence-electron chi connectivity index (χ1n) is 13.8. The number of thioether (sulfide) groups is 1. The van der Waals surface area contributed by atoms with Crippen LogP contribution in [0, 0.1) is 5.92 Å². The molecule has 15 heteroatoms. The minimum absolute atomic E-state index is 0.0391. The van der Waals surface area contributed by atoms with E-state index in [1.165, 1.54) is 17.0 Å². The van der Waals surface area contributed by atoms with E-state index < -0.39 is 47.2 Å². The molecular formula is C31H23BrF3N3O6S2.